The summed E-state index contributed by atoms with van der Waals surface area (Å²) in [4.78, 5) is 12.6. The minimum absolute atomic E-state index is 0.566. The molecule has 0 amide bonds. The number of rotatable bonds is 1. The maximum atomic E-state index is 5.19. The Kier molecular flexibility index (Phi) is 4.62. The number of aromatic nitrogens is 1. The van der Waals surface area contributed by atoms with E-state index >= 15 is 0 Å². The fraction of sp³-hybridized carbons (Fsp3) is 0.250. The smallest absolute Gasteiger partial charge is 0.204 e. The van der Waals surface area contributed by atoms with Gasteiger partial charge in [0.05, 0.1) is 5.69 Å². The normalized spacial score (nSPS) is 12.8. The van der Waals surface area contributed by atoms with E-state index < -0.39 is 0 Å². The van der Waals surface area contributed by atoms with Crippen molar-refractivity contribution in [2.24, 2.45) is 17.0 Å². The molecule has 0 N–H and O–H groups in total. The minimum atomic E-state index is 0.566. The summed E-state index contributed by atoms with van der Waals surface area (Å²) in [6.45, 7) is 0. The molecule has 0 aliphatic heterocycles. The maximum absolute atomic E-state index is 5.19. The number of thiocarbonyl (C=S) groups is 1. The lowest BCUT2D eigenvalue weighted by atomic mass is 10.3. The lowest BCUT2D eigenvalue weighted by molar-refractivity contribution is 0.625. The second-order valence-corrected chi connectivity index (χ2v) is 6.46. The van der Waals surface area contributed by atoms with Crippen molar-refractivity contribution < 1.29 is 0 Å². The van der Waals surface area contributed by atoms with Gasteiger partial charge in [0.1, 0.15) is 0 Å². The van der Waals surface area contributed by atoms with E-state index in [2.05, 4.69) is 9.98 Å². The zero-order chi connectivity index (χ0) is 13.8. The lowest BCUT2D eigenvalue weighted by Crippen LogP contribution is -2.26. The first-order valence-electron chi connectivity index (χ1n) is 5.60. The highest BCUT2D eigenvalue weighted by Gasteiger charge is 2.00. The number of nitrogens with zero attached hydrogens (tertiary/aromatic N) is 4. The molecule has 4 nitrogen and oxygen atoms in total. The summed E-state index contributed by atoms with van der Waals surface area (Å²) >= 11 is 5.19. The van der Waals surface area contributed by atoms with E-state index in [1.54, 1.807) is 20.7 Å². The van der Waals surface area contributed by atoms with Gasteiger partial charge in [0.2, 0.25) is 9.60 Å². The van der Waals surface area contributed by atoms with Crippen molar-refractivity contribution in [1.29, 1.82) is 0 Å². The van der Waals surface area contributed by atoms with Crippen LogP contribution in [-0.4, -0.2) is 28.7 Å². The average molecular weight is 310 g/mol. The van der Waals surface area contributed by atoms with E-state index in [0.717, 1.165) is 15.3 Å². The molecule has 0 aliphatic rings. The van der Waals surface area contributed by atoms with Crippen molar-refractivity contribution in [3.8, 4) is 0 Å². The Morgan fingerprint density at radius 2 is 1.79 bits per heavy atom. The molecule has 1 heterocycles. The van der Waals surface area contributed by atoms with Crippen LogP contribution >= 0.6 is 32.9 Å². The zero-order valence-corrected chi connectivity index (χ0v) is 13.3. The molecule has 0 atom stereocenters. The van der Waals surface area contributed by atoms with Gasteiger partial charge in [-0.05, 0) is 45.0 Å². The molecule has 0 fully saturated rings. The van der Waals surface area contributed by atoms with E-state index in [1.165, 1.54) is 0 Å². The molecule has 2 rings (SSSR count). The van der Waals surface area contributed by atoms with Crippen molar-refractivity contribution in [2.75, 3.05) is 14.1 Å². The second-order valence-electron chi connectivity index (χ2n) is 4.03. The highest BCUT2D eigenvalue weighted by molar-refractivity contribution is 7.80. The van der Waals surface area contributed by atoms with Gasteiger partial charge in [-0.1, -0.05) is 18.2 Å². The van der Waals surface area contributed by atoms with Gasteiger partial charge in [-0.2, -0.15) is 4.99 Å². The summed E-state index contributed by atoms with van der Waals surface area (Å²) in [6.07, 6.45) is 0. The quantitative estimate of drug-likeness (QED) is 0.597. The minimum Gasteiger partial charge on any atom is -0.353 e. The van der Waals surface area contributed by atoms with Crippen LogP contribution in [0, 0.1) is 0 Å². The first-order valence-corrected chi connectivity index (χ1v) is 8.15. The second kappa shape index (κ2) is 6.23. The third-order valence-corrected chi connectivity index (χ3v) is 5.03. The van der Waals surface area contributed by atoms with Gasteiger partial charge in [-0.15, -0.1) is 0 Å². The number of benzene rings is 1. The third-order valence-electron chi connectivity index (χ3n) is 2.32. The Labute approximate surface area is 124 Å². The monoisotopic (exact) mass is 310 g/mol. The molecular formula is C12H14N4S3. The SMILES string of the molecule is CN(C)C(=S)/N=c1/ssc(=Nc2ccccc2)n1C. The fourth-order valence-corrected chi connectivity index (χ4v) is 3.61. The topological polar surface area (TPSA) is 32.9 Å². The largest absolute Gasteiger partial charge is 0.353 e. The van der Waals surface area contributed by atoms with Gasteiger partial charge in [0.15, 0.2) is 5.11 Å². The highest BCUT2D eigenvalue weighted by Crippen LogP contribution is 2.08. The molecule has 2 aromatic rings. The maximum Gasteiger partial charge on any atom is 0.204 e. The van der Waals surface area contributed by atoms with Crippen molar-refractivity contribution in [3.63, 3.8) is 0 Å². The average Bonchev–Trinajstić information content (AvgIpc) is 2.73. The van der Waals surface area contributed by atoms with E-state index in [-0.39, 0.29) is 0 Å². The molecule has 0 aliphatic carbocycles. The Morgan fingerprint density at radius 1 is 1.16 bits per heavy atom. The van der Waals surface area contributed by atoms with Crippen molar-refractivity contribution in [2.45, 2.75) is 0 Å². The van der Waals surface area contributed by atoms with E-state index in [9.17, 15) is 0 Å². The van der Waals surface area contributed by atoms with Crippen LogP contribution in [0.25, 0.3) is 0 Å². The van der Waals surface area contributed by atoms with Gasteiger partial charge in [-0.25, -0.2) is 4.99 Å². The molecule has 0 spiro atoms. The van der Waals surface area contributed by atoms with Gasteiger partial charge >= 0.3 is 0 Å². The summed E-state index contributed by atoms with van der Waals surface area (Å²) in [5.41, 5.74) is 0.939. The van der Waals surface area contributed by atoms with Crippen LogP contribution in [0.3, 0.4) is 0 Å². The van der Waals surface area contributed by atoms with Crippen LogP contribution in [0.1, 0.15) is 0 Å². The van der Waals surface area contributed by atoms with Gasteiger partial charge < -0.3 is 4.90 Å². The van der Waals surface area contributed by atoms with Crippen LogP contribution in [0.4, 0.5) is 5.69 Å². The number of hydrogen-bond acceptors (Lipinski definition) is 4. The summed E-state index contributed by atoms with van der Waals surface area (Å²) in [5, 5.41) is 0.566. The summed E-state index contributed by atoms with van der Waals surface area (Å²) < 4.78 is 1.96. The summed E-state index contributed by atoms with van der Waals surface area (Å²) in [6, 6.07) is 9.88. The molecule has 1 aromatic heterocycles. The molecule has 0 bridgehead atoms. The third kappa shape index (κ3) is 3.59. The van der Waals surface area contributed by atoms with Gasteiger partial charge in [-0.3, -0.25) is 4.57 Å². The Hall–Kier alpha value is -1.31. The van der Waals surface area contributed by atoms with Gasteiger partial charge in [0.25, 0.3) is 0 Å². The molecule has 100 valence electrons. The molecule has 19 heavy (non-hydrogen) atoms. The summed E-state index contributed by atoms with van der Waals surface area (Å²) in [7, 11) is 8.89. The fourth-order valence-electron chi connectivity index (χ4n) is 1.25. The van der Waals surface area contributed by atoms with Crippen LogP contribution < -0.4 is 9.60 Å². The Balaban J connectivity index is 2.45. The Morgan fingerprint density at radius 3 is 2.42 bits per heavy atom. The first-order chi connectivity index (χ1) is 9.08. The van der Waals surface area contributed by atoms with Gasteiger partial charge in [0, 0.05) is 21.1 Å². The van der Waals surface area contributed by atoms with Crippen molar-refractivity contribution >= 4 is 43.7 Å². The molecule has 0 saturated heterocycles. The van der Waals surface area contributed by atoms with Crippen LogP contribution in [0.5, 0.6) is 0 Å². The van der Waals surface area contributed by atoms with Crippen LogP contribution in [0.15, 0.2) is 40.3 Å². The zero-order valence-electron chi connectivity index (χ0n) is 10.9. The highest BCUT2D eigenvalue weighted by atomic mass is 32.9. The van der Waals surface area contributed by atoms with E-state index in [4.69, 9.17) is 12.2 Å². The molecule has 0 saturated carbocycles. The van der Waals surface area contributed by atoms with Crippen molar-refractivity contribution in [1.82, 2.24) is 9.47 Å². The van der Waals surface area contributed by atoms with Crippen LogP contribution in [-0.2, 0) is 7.05 Å². The number of hydrogen-bond donors (Lipinski definition) is 0. The first kappa shape index (κ1) is 14.1. The van der Waals surface area contributed by atoms with Crippen LogP contribution in [0.2, 0.25) is 0 Å². The predicted octanol–water partition coefficient (Wildman–Crippen LogP) is 2.13. The summed E-state index contributed by atoms with van der Waals surface area (Å²) in [5.74, 6) is 0. The van der Waals surface area contributed by atoms with Crippen molar-refractivity contribution in [3.05, 3.63) is 39.9 Å². The van der Waals surface area contributed by atoms with E-state index in [1.807, 2.05) is 60.9 Å². The number of para-hydroxylation sites is 1. The Bertz CT molecular complexity index is 692. The molecule has 1 aromatic carbocycles. The molecular weight excluding hydrogens is 296 g/mol. The molecule has 0 unspecified atom stereocenters. The molecule has 7 heteroatoms. The molecule has 0 radical (unpaired) electrons. The van der Waals surface area contributed by atoms with E-state index in [0.29, 0.717) is 5.11 Å². The lowest BCUT2D eigenvalue weighted by Gasteiger charge is -2.07. The predicted molar refractivity (Wildman–Crippen MR) is 84.7 cm³/mol. The standard InChI is InChI=1S/C12H14N4S3/c1-15(2)10(17)14-12-16(3)11(18-19-12)13-9-7-5-4-6-8-9/h4-8H,1-3H3/b13-11?,14-12+.